The minimum absolute atomic E-state index is 0.205. The quantitative estimate of drug-likeness (QED) is 0.818. The zero-order chi connectivity index (χ0) is 21.4. The number of rotatable bonds is 3. The van der Waals surface area contributed by atoms with Crippen molar-refractivity contribution in [3.63, 3.8) is 0 Å². The molecule has 1 N–H and O–H groups in total. The molecule has 1 atom stereocenters. The average molecular weight is 426 g/mol. The van der Waals surface area contributed by atoms with Gasteiger partial charge in [0.1, 0.15) is 6.04 Å². The van der Waals surface area contributed by atoms with Gasteiger partial charge in [0.05, 0.1) is 11.6 Å². The number of amides is 2. The molecule has 0 radical (unpaired) electrons. The number of hydrogen-bond acceptors (Lipinski definition) is 4. The molecule has 1 aromatic carbocycles. The van der Waals surface area contributed by atoms with Crippen LogP contribution in [0, 0.1) is 0 Å². The van der Waals surface area contributed by atoms with Crippen molar-refractivity contribution in [3.05, 3.63) is 47.8 Å². The van der Waals surface area contributed by atoms with Gasteiger partial charge in [-0.1, -0.05) is 0 Å². The predicted molar refractivity (Wildman–Crippen MR) is 104 cm³/mol. The SMILES string of the molecule is CC(C)(C)NC(=O)C1CSCN1C(=O)c1ccc(-n2ccc(C(F)(F)F)n2)cc1. The van der Waals surface area contributed by atoms with Crippen LogP contribution in [0.1, 0.15) is 36.8 Å². The molecule has 2 aromatic rings. The molecular formula is C19H21F3N4O2S. The molecule has 10 heteroatoms. The average Bonchev–Trinajstić information content (AvgIpc) is 3.29. The molecule has 156 valence electrons. The van der Waals surface area contributed by atoms with Crippen molar-refractivity contribution in [1.29, 1.82) is 0 Å². The van der Waals surface area contributed by atoms with Crippen LogP contribution in [0.25, 0.3) is 5.69 Å². The first kappa shape index (κ1) is 21.2. The molecule has 3 rings (SSSR count). The Balaban J connectivity index is 1.74. The maximum Gasteiger partial charge on any atom is 0.435 e. The summed E-state index contributed by atoms with van der Waals surface area (Å²) in [6.45, 7) is 5.62. The molecular weight excluding hydrogens is 405 g/mol. The third-order valence-electron chi connectivity index (χ3n) is 4.20. The highest BCUT2D eigenvalue weighted by Crippen LogP contribution is 2.28. The van der Waals surface area contributed by atoms with E-state index in [0.29, 0.717) is 22.9 Å². The Morgan fingerprint density at radius 2 is 1.79 bits per heavy atom. The minimum Gasteiger partial charge on any atom is -0.350 e. The van der Waals surface area contributed by atoms with Gasteiger partial charge in [0.25, 0.3) is 5.91 Å². The van der Waals surface area contributed by atoms with Crippen molar-refractivity contribution in [3.8, 4) is 5.69 Å². The molecule has 1 unspecified atom stereocenters. The number of carbonyl (C=O) groups excluding carboxylic acids is 2. The van der Waals surface area contributed by atoms with Crippen molar-refractivity contribution >= 4 is 23.6 Å². The van der Waals surface area contributed by atoms with Crippen molar-refractivity contribution in [2.75, 3.05) is 11.6 Å². The first-order valence-electron chi connectivity index (χ1n) is 8.90. The summed E-state index contributed by atoms with van der Waals surface area (Å²) in [5, 5.41) is 6.41. The summed E-state index contributed by atoms with van der Waals surface area (Å²) in [5.41, 5.74) is -0.637. The summed E-state index contributed by atoms with van der Waals surface area (Å²) in [6.07, 6.45) is -3.30. The topological polar surface area (TPSA) is 67.2 Å². The van der Waals surface area contributed by atoms with E-state index >= 15 is 0 Å². The number of alkyl halides is 3. The lowest BCUT2D eigenvalue weighted by Gasteiger charge is -2.27. The monoisotopic (exact) mass is 426 g/mol. The van der Waals surface area contributed by atoms with Crippen LogP contribution in [0.5, 0.6) is 0 Å². The zero-order valence-corrected chi connectivity index (χ0v) is 17.0. The summed E-state index contributed by atoms with van der Waals surface area (Å²) >= 11 is 1.50. The van der Waals surface area contributed by atoms with Gasteiger partial charge in [-0.2, -0.15) is 18.3 Å². The third-order valence-corrected chi connectivity index (χ3v) is 5.21. The summed E-state index contributed by atoms with van der Waals surface area (Å²) in [5.74, 6) is 0.409. The maximum atomic E-state index is 12.9. The molecule has 0 spiro atoms. The zero-order valence-electron chi connectivity index (χ0n) is 16.2. The third kappa shape index (κ3) is 4.92. The number of benzene rings is 1. The number of nitrogens with zero attached hydrogens (tertiary/aromatic N) is 3. The van der Waals surface area contributed by atoms with E-state index in [-0.39, 0.29) is 11.8 Å². The highest BCUT2D eigenvalue weighted by molar-refractivity contribution is 7.99. The van der Waals surface area contributed by atoms with Crippen LogP contribution in [0.4, 0.5) is 13.2 Å². The van der Waals surface area contributed by atoms with Crippen LogP contribution in [-0.4, -0.2) is 49.7 Å². The fourth-order valence-electron chi connectivity index (χ4n) is 2.85. The minimum atomic E-state index is -4.52. The van der Waals surface area contributed by atoms with E-state index in [4.69, 9.17) is 0 Å². The van der Waals surface area contributed by atoms with Crippen molar-refractivity contribution in [2.45, 2.75) is 38.5 Å². The summed E-state index contributed by atoms with van der Waals surface area (Å²) in [7, 11) is 0. The number of halogens is 3. The fraction of sp³-hybridized carbons (Fsp3) is 0.421. The lowest BCUT2D eigenvalue weighted by Crippen LogP contribution is -2.52. The second-order valence-electron chi connectivity index (χ2n) is 7.72. The Labute approximate surface area is 170 Å². The Bertz CT molecular complexity index is 903. The molecule has 0 aliphatic carbocycles. The second-order valence-corrected chi connectivity index (χ2v) is 8.72. The lowest BCUT2D eigenvalue weighted by molar-refractivity contribution is -0.141. The van der Waals surface area contributed by atoms with Gasteiger partial charge < -0.3 is 10.2 Å². The summed E-state index contributed by atoms with van der Waals surface area (Å²) in [4.78, 5) is 26.9. The van der Waals surface area contributed by atoms with Crippen molar-refractivity contribution in [1.82, 2.24) is 20.0 Å². The Morgan fingerprint density at radius 3 is 2.34 bits per heavy atom. The lowest BCUT2D eigenvalue weighted by atomic mass is 10.1. The number of aromatic nitrogens is 2. The van der Waals surface area contributed by atoms with Crippen LogP contribution in [-0.2, 0) is 11.0 Å². The molecule has 29 heavy (non-hydrogen) atoms. The van der Waals surface area contributed by atoms with E-state index in [1.54, 1.807) is 0 Å². The van der Waals surface area contributed by atoms with E-state index in [1.807, 2.05) is 20.8 Å². The smallest absolute Gasteiger partial charge is 0.350 e. The number of thioether (sulfide) groups is 1. The normalized spacial score (nSPS) is 17.4. The van der Waals surface area contributed by atoms with Crippen molar-refractivity contribution in [2.24, 2.45) is 0 Å². The molecule has 1 aromatic heterocycles. The number of hydrogen-bond donors (Lipinski definition) is 1. The van der Waals surface area contributed by atoms with Gasteiger partial charge in [0.2, 0.25) is 5.91 Å². The Kier molecular flexibility index (Phi) is 5.66. The molecule has 6 nitrogen and oxygen atoms in total. The second kappa shape index (κ2) is 7.74. The molecule has 2 amide bonds. The van der Waals surface area contributed by atoms with Gasteiger partial charge in [-0.3, -0.25) is 9.59 Å². The largest absolute Gasteiger partial charge is 0.435 e. The Morgan fingerprint density at radius 1 is 1.14 bits per heavy atom. The van der Waals surface area contributed by atoms with E-state index in [0.717, 1.165) is 10.7 Å². The predicted octanol–water partition coefficient (Wildman–Crippen LogP) is 3.32. The molecule has 1 fully saturated rings. The molecule has 0 bridgehead atoms. The van der Waals surface area contributed by atoms with E-state index in [2.05, 4.69) is 10.4 Å². The maximum absolute atomic E-state index is 12.9. The molecule has 1 aliphatic heterocycles. The van der Waals surface area contributed by atoms with Gasteiger partial charge in [0.15, 0.2) is 5.69 Å². The first-order chi connectivity index (χ1) is 13.5. The van der Waals surface area contributed by atoms with E-state index in [9.17, 15) is 22.8 Å². The van der Waals surface area contributed by atoms with Crippen molar-refractivity contribution < 1.29 is 22.8 Å². The van der Waals surface area contributed by atoms with Gasteiger partial charge >= 0.3 is 6.18 Å². The first-order valence-corrected chi connectivity index (χ1v) is 10.1. The summed E-state index contributed by atoms with van der Waals surface area (Å²) in [6, 6.07) is 6.41. The van der Waals surface area contributed by atoms with Crippen LogP contribution >= 0.6 is 11.8 Å². The van der Waals surface area contributed by atoms with Gasteiger partial charge in [-0.05, 0) is 51.1 Å². The number of nitrogens with one attached hydrogen (secondary N) is 1. The summed E-state index contributed by atoms with van der Waals surface area (Å²) < 4.78 is 39.2. The van der Waals surface area contributed by atoms with Gasteiger partial charge in [-0.25, -0.2) is 4.68 Å². The van der Waals surface area contributed by atoms with Crippen LogP contribution in [0.3, 0.4) is 0 Å². The standard InChI is InChI=1S/C19H21F3N4O2S/c1-18(2,3)23-16(27)14-10-29-11-25(14)17(28)12-4-6-13(7-5-12)26-9-8-15(24-26)19(20,21)22/h4-9,14H,10-11H2,1-3H3,(H,23,27). The van der Waals surface area contributed by atoms with E-state index < -0.39 is 23.5 Å². The molecule has 2 heterocycles. The molecule has 0 saturated carbocycles. The fourth-order valence-corrected chi connectivity index (χ4v) is 4.01. The van der Waals surface area contributed by atoms with Crippen LogP contribution in [0.2, 0.25) is 0 Å². The van der Waals surface area contributed by atoms with Crippen LogP contribution in [0.15, 0.2) is 36.5 Å². The van der Waals surface area contributed by atoms with E-state index in [1.165, 1.54) is 47.1 Å². The number of carbonyl (C=O) groups is 2. The Hall–Kier alpha value is -2.49. The highest BCUT2D eigenvalue weighted by Gasteiger charge is 2.36. The molecule has 1 saturated heterocycles. The van der Waals surface area contributed by atoms with Gasteiger partial charge in [0, 0.05) is 23.1 Å². The molecule has 1 aliphatic rings. The highest BCUT2D eigenvalue weighted by atomic mass is 32.2. The van der Waals surface area contributed by atoms with Gasteiger partial charge in [-0.15, -0.1) is 11.8 Å². The van der Waals surface area contributed by atoms with Crippen LogP contribution < -0.4 is 5.32 Å².